The SMILES string of the molecule is CCC[CH2][SnH]([CH3])[O]C. The van der Waals surface area contributed by atoms with Crippen molar-refractivity contribution in [1.29, 1.82) is 0 Å². The maximum atomic E-state index is 5.26. The first kappa shape index (κ1) is 8.76. The van der Waals surface area contributed by atoms with Crippen LogP contribution in [0.25, 0.3) is 0 Å². The van der Waals surface area contributed by atoms with Crippen LogP contribution in [-0.2, 0) is 3.07 Å². The van der Waals surface area contributed by atoms with Gasteiger partial charge in [0, 0.05) is 0 Å². The molecule has 1 nitrogen and oxygen atoms in total. The molecule has 1 atom stereocenters. The van der Waals surface area contributed by atoms with Crippen LogP contribution in [0.1, 0.15) is 19.8 Å². The van der Waals surface area contributed by atoms with Gasteiger partial charge in [0.1, 0.15) is 0 Å². The zero-order valence-corrected chi connectivity index (χ0v) is 9.40. The van der Waals surface area contributed by atoms with E-state index in [1.165, 1.54) is 17.3 Å². The molecule has 1 unspecified atom stereocenters. The number of unbranched alkanes of at least 4 members (excludes halogenated alkanes) is 1. The van der Waals surface area contributed by atoms with E-state index in [0.717, 1.165) is 0 Å². The molecule has 0 rings (SSSR count). The molecule has 0 N–H and O–H groups in total. The third kappa shape index (κ3) is 4.91. The van der Waals surface area contributed by atoms with E-state index in [1.54, 1.807) is 0 Å². The van der Waals surface area contributed by atoms with Crippen molar-refractivity contribution in [3.05, 3.63) is 0 Å². The van der Waals surface area contributed by atoms with Gasteiger partial charge in [0.25, 0.3) is 0 Å². The van der Waals surface area contributed by atoms with Gasteiger partial charge in [-0.1, -0.05) is 0 Å². The van der Waals surface area contributed by atoms with Gasteiger partial charge in [0.15, 0.2) is 0 Å². The minimum atomic E-state index is -1.29. The van der Waals surface area contributed by atoms with Crippen molar-refractivity contribution in [3.63, 3.8) is 0 Å². The van der Waals surface area contributed by atoms with E-state index in [4.69, 9.17) is 3.07 Å². The second kappa shape index (κ2) is 5.89. The zero-order valence-electron chi connectivity index (χ0n) is 6.11. The Morgan fingerprint density at radius 2 is 2.12 bits per heavy atom. The third-order valence-corrected chi connectivity index (χ3v) is 7.15. The summed E-state index contributed by atoms with van der Waals surface area (Å²) in [4.78, 5) is 2.32. The third-order valence-electron chi connectivity index (χ3n) is 1.37. The Labute approximate surface area is 59.7 Å². The van der Waals surface area contributed by atoms with Crippen LogP contribution in [0.15, 0.2) is 0 Å². The van der Waals surface area contributed by atoms with Crippen molar-refractivity contribution < 1.29 is 3.07 Å². The summed E-state index contributed by atoms with van der Waals surface area (Å²) in [5.41, 5.74) is 0. The van der Waals surface area contributed by atoms with E-state index < -0.39 is 20.2 Å². The molecule has 0 amide bonds. The molecule has 0 aromatic carbocycles. The molecule has 0 aromatic heterocycles. The molecule has 0 radical (unpaired) electrons. The summed E-state index contributed by atoms with van der Waals surface area (Å²) in [7, 11) is 1.86. The Kier molecular flexibility index (Phi) is 6.45. The van der Waals surface area contributed by atoms with Gasteiger partial charge < -0.3 is 0 Å². The first-order valence-corrected chi connectivity index (χ1v) is 10.3. The summed E-state index contributed by atoms with van der Waals surface area (Å²) in [6.45, 7) is 2.23. The summed E-state index contributed by atoms with van der Waals surface area (Å²) >= 11 is -1.29. The van der Waals surface area contributed by atoms with E-state index in [-0.39, 0.29) is 0 Å². The van der Waals surface area contributed by atoms with E-state index in [1.807, 2.05) is 7.11 Å². The molecular weight excluding hydrogens is 207 g/mol. The molecule has 0 fully saturated rings. The molecule has 0 aliphatic rings. The molecule has 2 heteroatoms. The Morgan fingerprint density at radius 3 is 2.50 bits per heavy atom. The molecular formula is C6H16OSn. The van der Waals surface area contributed by atoms with Crippen LogP contribution in [0.4, 0.5) is 0 Å². The number of rotatable bonds is 4. The monoisotopic (exact) mass is 224 g/mol. The van der Waals surface area contributed by atoms with E-state index in [0.29, 0.717) is 0 Å². The van der Waals surface area contributed by atoms with Crippen molar-refractivity contribution in [3.8, 4) is 0 Å². The molecule has 0 heterocycles. The van der Waals surface area contributed by atoms with E-state index in [9.17, 15) is 0 Å². The average molecular weight is 223 g/mol. The molecule has 0 aliphatic heterocycles. The van der Waals surface area contributed by atoms with Crippen molar-refractivity contribution in [1.82, 2.24) is 0 Å². The van der Waals surface area contributed by atoms with Crippen LogP contribution >= 0.6 is 0 Å². The zero-order chi connectivity index (χ0) is 6.41. The Hall–Kier alpha value is 0.759. The van der Waals surface area contributed by atoms with Gasteiger partial charge in [-0.25, -0.2) is 0 Å². The fraction of sp³-hybridized carbons (Fsp3) is 1.00. The second-order valence-electron chi connectivity index (χ2n) is 2.19. The van der Waals surface area contributed by atoms with Gasteiger partial charge >= 0.3 is 59.5 Å². The standard InChI is InChI=1S/C4H9.CH3O.CH3.Sn.H/c1-3-4-2;1-2;;;/h1,3-4H2,2H3;1H3;1H3;;/q;-1;;+1;. The molecule has 8 heavy (non-hydrogen) atoms. The molecule has 0 bridgehead atoms. The fourth-order valence-electron chi connectivity index (χ4n) is 0.609. The molecule has 0 saturated carbocycles. The Balaban J connectivity index is 2.86. The van der Waals surface area contributed by atoms with Crippen LogP contribution in [-0.4, -0.2) is 27.3 Å². The van der Waals surface area contributed by atoms with Crippen LogP contribution in [0, 0.1) is 0 Å². The first-order valence-electron chi connectivity index (χ1n) is 3.34. The summed E-state index contributed by atoms with van der Waals surface area (Å²) in [5, 5.41) is 0. The van der Waals surface area contributed by atoms with Gasteiger partial charge in [0.2, 0.25) is 0 Å². The van der Waals surface area contributed by atoms with Crippen LogP contribution < -0.4 is 0 Å². The summed E-state index contributed by atoms with van der Waals surface area (Å²) in [5.74, 6) is 0. The van der Waals surface area contributed by atoms with E-state index in [2.05, 4.69) is 11.9 Å². The number of hydrogen-bond donors (Lipinski definition) is 0. The number of hydrogen-bond acceptors (Lipinski definition) is 1. The van der Waals surface area contributed by atoms with Gasteiger partial charge in [0.05, 0.1) is 0 Å². The molecule has 50 valence electrons. The van der Waals surface area contributed by atoms with Gasteiger partial charge in [-0.3, -0.25) is 0 Å². The second-order valence-corrected chi connectivity index (χ2v) is 9.81. The van der Waals surface area contributed by atoms with Crippen molar-refractivity contribution in [2.24, 2.45) is 0 Å². The quantitative estimate of drug-likeness (QED) is 0.660. The predicted octanol–water partition coefficient (Wildman–Crippen LogP) is 1.79. The summed E-state index contributed by atoms with van der Waals surface area (Å²) in [6, 6.07) is 0. The molecule has 0 spiro atoms. The van der Waals surface area contributed by atoms with E-state index >= 15 is 0 Å². The van der Waals surface area contributed by atoms with Crippen molar-refractivity contribution >= 4 is 20.2 Å². The molecule has 0 aromatic rings. The minimum absolute atomic E-state index is 1.29. The fourth-order valence-corrected chi connectivity index (χ4v) is 4.09. The topological polar surface area (TPSA) is 9.23 Å². The summed E-state index contributed by atoms with van der Waals surface area (Å²) < 4.78 is 6.67. The van der Waals surface area contributed by atoms with Crippen LogP contribution in [0.2, 0.25) is 9.38 Å². The van der Waals surface area contributed by atoms with Gasteiger partial charge in [-0.2, -0.15) is 0 Å². The van der Waals surface area contributed by atoms with Crippen molar-refractivity contribution in [2.75, 3.05) is 7.11 Å². The Bertz CT molecular complexity index is 47.8. The van der Waals surface area contributed by atoms with Crippen molar-refractivity contribution in [2.45, 2.75) is 29.1 Å². The first-order chi connectivity index (χ1) is 3.81. The predicted molar refractivity (Wildman–Crippen MR) is 39.7 cm³/mol. The summed E-state index contributed by atoms with van der Waals surface area (Å²) in [6.07, 6.45) is 2.70. The Morgan fingerprint density at radius 1 is 1.50 bits per heavy atom. The molecule has 0 saturated heterocycles. The van der Waals surface area contributed by atoms with Gasteiger partial charge in [-0.05, 0) is 0 Å². The van der Waals surface area contributed by atoms with Crippen LogP contribution in [0.5, 0.6) is 0 Å². The molecule has 0 aliphatic carbocycles. The van der Waals surface area contributed by atoms with Gasteiger partial charge in [-0.15, -0.1) is 0 Å². The average Bonchev–Trinajstić information content (AvgIpc) is 1.83. The normalized spacial score (nSPS) is 13.9. The maximum absolute atomic E-state index is 5.26. The van der Waals surface area contributed by atoms with Crippen LogP contribution in [0.3, 0.4) is 0 Å².